The van der Waals surface area contributed by atoms with Crippen molar-refractivity contribution in [2.45, 2.75) is 290 Å². The summed E-state index contributed by atoms with van der Waals surface area (Å²) >= 11 is 0. The van der Waals surface area contributed by atoms with Gasteiger partial charge in [0.2, 0.25) is 0 Å². The molecule has 0 saturated heterocycles. The summed E-state index contributed by atoms with van der Waals surface area (Å²) in [6.45, 7) is 6.77. The van der Waals surface area contributed by atoms with Crippen LogP contribution >= 0.6 is 0 Å². The number of rotatable bonds is 42. The second kappa shape index (κ2) is 58.0. The third-order valence-electron chi connectivity index (χ3n) is 10.5. The molecule has 0 rings (SSSR count). The van der Waals surface area contributed by atoms with Crippen LogP contribution in [0.1, 0.15) is 290 Å². The topological polar surface area (TPSA) is 120 Å². The van der Waals surface area contributed by atoms with Gasteiger partial charge in [0.25, 0.3) is 0 Å². The number of aliphatic carboxylic acids is 3. The van der Waals surface area contributed by atoms with Crippen molar-refractivity contribution in [3.63, 3.8) is 0 Å². The Morgan fingerprint density at radius 1 is 0.236 bits per heavy atom. The SMILES string of the molecule is CCCCCCCCCCCCCCCC(=O)[O-].CCCCCCCCCCCCCCCC(=O)[O-].CCCCCCCCCCCCCCCC(=O)[O-].[Er+3]. The van der Waals surface area contributed by atoms with Gasteiger partial charge in [-0.3, -0.25) is 0 Å². The van der Waals surface area contributed by atoms with E-state index in [-0.39, 0.29) is 56.6 Å². The first-order valence-electron chi connectivity index (χ1n) is 23.9. The smallest absolute Gasteiger partial charge is 0.550 e. The van der Waals surface area contributed by atoms with Crippen molar-refractivity contribution in [3.05, 3.63) is 0 Å². The fraction of sp³-hybridized carbons (Fsp3) is 0.938. The quantitative estimate of drug-likeness (QED) is 0.0562. The largest absolute Gasteiger partial charge is 3.00 e. The van der Waals surface area contributed by atoms with Crippen LogP contribution in [-0.2, 0) is 14.4 Å². The summed E-state index contributed by atoms with van der Waals surface area (Å²) in [7, 11) is 0. The van der Waals surface area contributed by atoms with Gasteiger partial charge >= 0.3 is 37.3 Å². The van der Waals surface area contributed by atoms with Gasteiger partial charge in [0.1, 0.15) is 0 Å². The van der Waals surface area contributed by atoms with Crippen LogP contribution in [-0.4, -0.2) is 17.9 Å². The summed E-state index contributed by atoms with van der Waals surface area (Å²) in [5.74, 6) is -2.71. The number of carbonyl (C=O) groups is 3. The van der Waals surface area contributed by atoms with E-state index < -0.39 is 17.9 Å². The average molecular weight is 934 g/mol. The van der Waals surface area contributed by atoms with Crippen LogP contribution in [0.2, 0.25) is 0 Å². The zero-order valence-electron chi connectivity index (χ0n) is 36.9. The van der Waals surface area contributed by atoms with Crippen molar-refractivity contribution in [2.75, 3.05) is 0 Å². The normalized spacial score (nSPS) is 10.5. The summed E-state index contributed by atoms with van der Waals surface area (Å²) in [5, 5.41) is 30.6. The van der Waals surface area contributed by atoms with Crippen LogP contribution in [0.25, 0.3) is 0 Å². The molecule has 0 spiro atoms. The molecule has 0 aromatic heterocycles. The second-order valence-corrected chi connectivity index (χ2v) is 16.1. The molecule has 0 amide bonds. The Balaban J connectivity index is -0.000000351. The molecule has 0 aliphatic carbocycles. The van der Waals surface area contributed by atoms with Crippen molar-refractivity contribution in [1.82, 2.24) is 0 Å². The van der Waals surface area contributed by atoms with Gasteiger partial charge in [-0.05, 0) is 38.5 Å². The predicted molar refractivity (Wildman–Crippen MR) is 226 cm³/mol. The predicted octanol–water partition coefficient (Wildman–Crippen LogP) is 12.7. The number of carbonyl (C=O) groups excluding carboxylic acids is 3. The third kappa shape index (κ3) is 71.8. The zero-order valence-corrected chi connectivity index (χ0v) is 38.8. The van der Waals surface area contributed by atoms with Crippen LogP contribution in [0.3, 0.4) is 0 Å². The van der Waals surface area contributed by atoms with E-state index in [1.54, 1.807) is 0 Å². The summed E-state index contributed by atoms with van der Waals surface area (Å²) in [4.78, 5) is 30.6. The maximum absolute atomic E-state index is 10.2. The number of hydrogen-bond donors (Lipinski definition) is 0. The molecule has 0 aliphatic rings. The minimum absolute atomic E-state index is 0. The standard InChI is InChI=1S/3C16H32O2.Er/c3*1-2-3-4-5-6-7-8-9-10-11-12-13-14-15-16(17)18;/h3*2-15H2,1H3,(H,17,18);/q;;;+3/p-3. The van der Waals surface area contributed by atoms with Gasteiger partial charge in [0, 0.05) is 17.9 Å². The fourth-order valence-electron chi connectivity index (χ4n) is 6.86. The van der Waals surface area contributed by atoms with Crippen molar-refractivity contribution < 1.29 is 67.0 Å². The van der Waals surface area contributed by atoms with Crippen LogP contribution in [0.4, 0.5) is 0 Å². The number of carboxylic acid groups (broad SMARTS) is 3. The Morgan fingerprint density at radius 2 is 0.345 bits per heavy atom. The summed E-state index contributed by atoms with van der Waals surface area (Å²) in [5.41, 5.74) is 0. The molecule has 55 heavy (non-hydrogen) atoms. The Labute approximate surface area is 372 Å². The maximum Gasteiger partial charge on any atom is 3.00 e. The van der Waals surface area contributed by atoms with Gasteiger partial charge in [-0.1, -0.05) is 252 Å². The zero-order chi connectivity index (χ0) is 40.4. The molecule has 333 valence electrons. The molecular formula is C48H93ErO6. The van der Waals surface area contributed by atoms with Gasteiger partial charge in [-0.25, -0.2) is 0 Å². The van der Waals surface area contributed by atoms with Gasteiger partial charge in [-0.2, -0.15) is 0 Å². The van der Waals surface area contributed by atoms with Crippen LogP contribution < -0.4 is 15.3 Å². The molecule has 6 nitrogen and oxygen atoms in total. The monoisotopic (exact) mass is 932 g/mol. The van der Waals surface area contributed by atoms with E-state index in [0.29, 0.717) is 0 Å². The first-order valence-corrected chi connectivity index (χ1v) is 23.9. The number of hydrogen-bond acceptors (Lipinski definition) is 6. The van der Waals surface area contributed by atoms with Crippen molar-refractivity contribution >= 4 is 17.9 Å². The van der Waals surface area contributed by atoms with Crippen molar-refractivity contribution in [2.24, 2.45) is 0 Å². The van der Waals surface area contributed by atoms with Crippen LogP contribution in [0.5, 0.6) is 0 Å². The maximum atomic E-state index is 10.2. The molecule has 0 atom stereocenters. The average Bonchev–Trinajstić information content (AvgIpc) is 3.14. The number of carboxylic acids is 3. The summed E-state index contributed by atoms with van der Waals surface area (Å²) in [6, 6.07) is 0. The summed E-state index contributed by atoms with van der Waals surface area (Å²) < 4.78 is 0. The Hall–Kier alpha value is -0.343. The molecule has 0 bridgehead atoms. The minimum Gasteiger partial charge on any atom is -0.550 e. The Kier molecular flexibility index (Phi) is 64.6. The molecule has 0 unspecified atom stereocenters. The second-order valence-electron chi connectivity index (χ2n) is 16.1. The molecular weight excluding hydrogens is 840 g/mol. The third-order valence-corrected chi connectivity index (χ3v) is 10.5. The van der Waals surface area contributed by atoms with Gasteiger partial charge in [-0.15, -0.1) is 0 Å². The molecule has 0 aromatic carbocycles. The van der Waals surface area contributed by atoms with Crippen LogP contribution in [0, 0.1) is 37.3 Å². The fourth-order valence-corrected chi connectivity index (χ4v) is 6.86. The van der Waals surface area contributed by atoms with E-state index in [9.17, 15) is 29.7 Å². The minimum atomic E-state index is -0.905. The van der Waals surface area contributed by atoms with Gasteiger partial charge in [0.05, 0.1) is 0 Å². The Morgan fingerprint density at radius 3 is 0.455 bits per heavy atom. The summed E-state index contributed by atoms with van der Waals surface area (Å²) in [6.07, 6.45) is 50.8. The van der Waals surface area contributed by atoms with Crippen molar-refractivity contribution in [1.29, 1.82) is 0 Å². The van der Waals surface area contributed by atoms with Gasteiger partial charge in [0.15, 0.2) is 0 Å². The van der Waals surface area contributed by atoms with E-state index in [1.807, 2.05) is 0 Å². The van der Waals surface area contributed by atoms with Crippen molar-refractivity contribution in [3.8, 4) is 0 Å². The number of unbranched alkanes of at least 4 members (excludes halogenated alkanes) is 36. The van der Waals surface area contributed by atoms with E-state index in [0.717, 1.165) is 38.5 Å². The molecule has 1 radical (unpaired) electrons. The first-order chi connectivity index (χ1) is 26.3. The van der Waals surface area contributed by atoms with E-state index >= 15 is 0 Å². The first kappa shape index (κ1) is 61.3. The van der Waals surface area contributed by atoms with Crippen LogP contribution in [0.15, 0.2) is 0 Å². The van der Waals surface area contributed by atoms with Gasteiger partial charge < -0.3 is 29.7 Å². The molecule has 0 N–H and O–H groups in total. The molecule has 0 heterocycles. The molecule has 0 aromatic rings. The van der Waals surface area contributed by atoms with E-state index in [2.05, 4.69) is 20.8 Å². The molecule has 0 fully saturated rings. The molecule has 0 saturated carbocycles. The molecule has 7 heteroatoms. The molecule has 0 aliphatic heterocycles. The van der Waals surface area contributed by atoms with E-state index in [1.165, 1.54) is 212 Å². The van der Waals surface area contributed by atoms with E-state index in [4.69, 9.17) is 0 Å². The Bertz CT molecular complexity index is 636.